The number of nitrogens with one attached hydrogen (secondary N) is 1. The Morgan fingerprint density at radius 2 is 0.658 bits per heavy atom. The number of rotatable bonds is 63. The van der Waals surface area contributed by atoms with Gasteiger partial charge in [-0.25, -0.2) is 0 Å². The molecule has 2 unspecified atom stereocenters. The fraction of sp³-hybridized carbons (Fsp3) is 0.857. The Kier molecular flexibility index (Phi) is 63.5. The SMILES string of the molecule is CCCCCC/C=C\C/C=C\CCCCCCCCCC(=O)OCCCCCCCCCCC/C=C\CCCCCCCC(=O)NC(CO)C(O)/C=C/CCCCCCCCCCCCCCCCCCCCCCC. The number of aliphatic hydroxyl groups is 2. The minimum absolute atomic E-state index is 0.00492. The van der Waals surface area contributed by atoms with Gasteiger partial charge >= 0.3 is 5.97 Å². The maximum absolute atomic E-state index is 12.5. The van der Waals surface area contributed by atoms with Crippen molar-refractivity contribution in [1.82, 2.24) is 5.32 Å². The average molecular weight is 1070 g/mol. The van der Waals surface area contributed by atoms with Crippen molar-refractivity contribution in [3.63, 3.8) is 0 Å². The minimum Gasteiger partial charge on any atom is -0.466 e. The zero-order valence-electron chi connectivity index (χ0n) is 51.0. The zero-order valence-corrected chi connectivity index (χ0v) is 51.0. The molecule has 2 atom stereocenters. The summed E-state index contributed by atoms with van der Waals surface area (Å²) >= 11 is 0. The molecule has 0 rings (SSSR count). The second-order valence-corrected chi connectivity index (χ2v) is 23.1. The number of carbonyl (C=O) groups is 2. The van der Waals surface area contributed by atoms with Gasteiger partial charge in [-0.15, -0.1) is 0 Å². The van der Waals surface area contributed by atoms with Crippen molar-refractivity contribution < 1.29 is 24.5 Å². The molecule has 3 N–H and O–H groups in total. The van der Waals surface area contributed by atoms with E-state index < -0.39 is 12.1 Å². The normalized spacial score (nSPS) is 12.8. The molecular formula is C70H131NO5. The summed E-state index contributed by atoms with van der Waals surface area (Å²) in [4.78, 5) is 24.6. The number of allylic oxidation sites excluding steroid dienone is 7. The van der Waals surface area contributed by atoms with E-state index in [2.05, 4.69) is 55.6 Å². The van der Waals surface area contributed by atoms with Gasteiger partial charge in [0.2, 0.25) is 5.91 Å². The lowest BCUT2D eigenvalue weighted by Crippen LogP contribution is -2.45. The van der Waals surface area contributed by atoms with Gasteiger partial charge < -0.3 is 20.3 Å². The molecule has 0 bridgehead atoms. The molecule has 0 saturated carbocycles. The Balaban J connectivity index is 3.47. The van der Waals surface area contributed by atoms with Crippen LogP contribution in [-0.4, -0.2) is 47.4 Å². The highest BCUT2D eigenvalue weighted by Gasteiger charge is 2.18. The van der Waals surface area contributed by atoms with Crippen LogP contribution in [0.25, 0.3) is 0 Å². The summed E-state index contributed by atoms with van der Waals surface area (Å²) in [5.41, 5.74) is 0. The van der Waals surface area contributed by atoms with E-state index >= 15 is 0 Å². The first-order valence-electron chi connectivity index (χ1n) is 33.9. The first-order chi connectivity index (χ1) is 37.5. The third-order valence-corrected chi connectivity index (χ3v) is 15.6. The first kappa shape index (κ1) is 73.8. The third-order valence-electron chi connectivity index (χ3n) is 15.6. The van der Waals surface area contributed by atoms with E-state index in [1.807, 2.05) is 6.08 Å². The molecule has 0 radical (unpaired) electrons. The molecule has 76 heavy (non-hydrogen) atoms. The van der Waals surface area contributed by atoms with Crippen LogP contribution >= 0.6 is 0 Å². The molecule has 0 heterocycles. The van der Waals surface area contributed by atoms with Gasteiger partial charge in [-0.2, -0.15) is 0 Å². The average Bonchev–Trinajstić information content (AvgIpc) is 3.42. The van der Waals surface area contributed by atoms with Crippen LogP contribution in [0.4, 0.5) is 0 Å². The van der Waals surface area contributed by atoms with Crippen LogP contribution in [0.5, 0.6) is 0 Å². The van der Waals surface area contributed by atoms with E-state index in [-0.39, 0.29) is 18.5 Å². The summed E-state index contributed by atoms with van der Waals surface area (Å²) in [5.74, 6) is -0.0847. The predicted octanol–water partition coefficient (Wildman–Crippen LogP) is 21.7. The van der Waals surface area contributed by atoms with Gasteiger partial charge in [0.05, 0.1) is 25.4 Å². The summed E-state index contributed by atoms with van der Waals surface area (Å²) in [7, 11) is 0. The molecule has 0 spiro atoms. The number of hydrogen-bond donors (Lipinski definition) is 3. The highest BCUT2D eigenvalue weighted by molar-refractivity contribution is 5.76. The number of ether oxygens (including phenoxy) is 1. The Morgan fingerprint density at radius 1 is 0.368 bits per heavy atom. The number of carbonyl (C=O) groups excluding carboxylic acids is 2. The quantitative estimate of drug-likeness (QED) is 0.0320. The summed E-state index contributed by atoms with van der Waals surface area (Å²) in [6, 6.07) is -0.641. The lowest BCUT2D eigenvalue weighted by molar-refractivity contribution is -0.143. The first-order valence-corrected chi connectivity index (χ1v) is 33.9. The second kappa shape index (κ2) is 65.3. The van der Waals surface area contributed by atoms with Crippen LogP contribution in [0, 0.1) is 0 Å². The Morgan fingerprint density at radius 3 is 1.03 bits per heavy atom. The van der Waals surface area contributed by atoms with Crippen molar-refractivity contribution >= 4 is 11.9 Å². The van der Waals surface area contributed by atoms with Gasteiger partial charge in [-0.1, -0.05) is 306 Å². The van der Waals surface area contributed by atoms with Gasteiger partial charge in [-0.3, -0.25) is 9.59 Å². The van der Waals surface area contributed by atoms with Gasteiger partial charge in [0.25, 0.3) is 0 Å². The van der Waals surface area contributed by atoms with Crippen molar-refractivity contribution in [3.8, 4) is 0 Å². The molecule has 0 aromatic heterocycles. The highest BCUT2D eigenvalue weighted by atomic mass is 16.5. The Hall–Kier alpha value is -2.18. The van der Waals surface area contributed by atoms with Crippen molar-refractivity contribution in [1.29, 1.82) is 0 Å². The van der Waals surface area contributed by atoms with Crippen LogP contribution in [0.3, 0.4) is 0 Å². The number of esters is 1. The minimum atomic E-state index is -0.856. The second-order valence-electron chi connectivity index (χ2n) is 23.1. The zero-order chi connectivity index (χ0) is 55.0. The van der Waals surface area contributed by atoms with Crippen LogP contribution in [0.1, 0.15) is 361 Å². The maximum Gasteiger partial charge on any atom is 0.305 e. The monoisotopic (exact) mass is 1070 g/mol. The maximum atomic E-state index is 12.5. The number of amides is 1. The van der Waals surface area contributed by atoms with E-state index in [1.54, 1.807) is 6.08 Å². The van der Waals surface area contributed by atoms with Crippen LogP contribution in [0.15, 0.2) is 48.6 Å². The molecule has 6 heteroatoms. The van der Waals surface area contributed by atoms with Gasteiger partial charge in [0.15, 0.2) is 0 Å². The lowest BCUT2D eigenvalue weighted by Gasteiger charge is -2.20. The molecule has 1 amide bonds. The van der Waals surface area contributed by atoms with Crippen LogP contribution < -0.4 is 5.32 Å². The van der Waals surface area contributed by atoms with Crippen LogP contribution in [0.2, 0.25) is 0 Å². The van der Waals surface area contributed by atoms with E-state index in [4.69, 9.17) is 4.74 Å². The fourth-order valence-electron chi connectivity index (χ4n) is 10.4. The van der Waals surface area contributed by atoms with Gasteiger partial charge in [0, 0.05) is 12.8 Å². The number of hydrogen-bond acceptors (Lipinski definition) is 5. The molecule has 0 aromatic carbocycles. The summed E-state index contributed by atoms with van der Waals surface area (Å²) in [5, 5.41) is 23.2. The van der Waals surface area contributed by atoms with E-state index in [0.717, 1.165) is 70.6 Å². The number of aliphatic hydroxyl groups excluding tert-OH is 2. The standard InChI is InChI=1S/C70H131NO5/c1-3-5-7-9-11-13-15-17-19-21-23-24-25-26-27-30-34-38-42-46-50-54-58-62-68(73)67(66-72)71-69(74)63-59-55-51-47-43-39-35-31-28-29-33-37-41-45-49-53-57-61-65-76-70(75)64-60-56-52-48-44-40-36-32-22-20-18-16-14-12-10-8-6-4-2/h14,16,20,22,31,35,58,62,67-68,72-73H,3-13,15,17-19,21,23-30,32-34,36-57,59-61,63-66H2,1-2H3,(H,71,74)/b16-14-,22-20-,35-31-,62-58+. The van der Waals surface area contributed by atoms with Crippen molar-refractivity contribution in [2.75, 3.05) is 13.2 Å². The summed E-state index contributed by atoms with van der Waals surface area (Å²) < 4.78 is 5.49. The van der Waals surface area contributed by atoms with Crippen molar-refractivity contribution in [3.05, 3.63) is 48.6 Å². The molecule has 0 aliphatic rings. The van der Waals surface area contributed by atoms with Gasteiger partial charge in [0.1, 0.15) is 0 Å². The van der Waals surface area contributed by atoms with Crippen molar-refractivity contribution in [2.24, 2.45) is 0 Å². The number of unbranched alkanes of at least 4 members (excludes halogenated alkanes) is 46. The van der Waals surface area contributed by atoms with E-state index in [0.29, 0.717) is 19.4 Å². The fourth-order valence-corrected chi connectivity index (χ4v) is 10.4. The molecule has 6 nitrogen and oxygen atoms in total. The molecule has 0 fully saturated rings. The molecule has 0 saturated heterocycles. The van der Waals surface area contributed by atoms with E-state index in [9.17, 15) is 19.8 Å². The van der Waals surface area contributed by atoms with Gasteiger partial charge in [-0.05, 0) is 89.9 Å². The van der Waals surface area contributed by atoms with E-state index in [1.165, 1.54) is 263 Å². The van der Waals surface area contributed by atoms with Crippen LogP contribution in [-0.2, 0) is 14.3 Å². The topological polar surface area (TPSA) is 95.9 Å². The Bertz CT molecular complexity index is 1270. The smallest absolute Gasteiger partial charge is 0.305 e. The summed E-state index contributed by atoms with van der Waals surface area (Å²) in [6.45, 7) is 4.89. The lowest BCUT2D eigenvalue weighted by atomic mass is 10.0. The molecule has 0 aliphatic heterocycles. The molecule has 0 aliphatic carbocycles. The molecular weight excluding hydrogens is 935 g/mol. The third kappa shape index (κ3) is 61.0. The summed E-state index contributed by atoms with van der Waals surface area (Å²) in [6.07, 6.45) is 84.5. The predicted molar refractivity (Wildman–Crippen MR) is 333 cm³/mol. The molecule has 0 aromatic rings. The molecule has 446 valence electrons. The van der Waals surface area contributed by atoms with Crippen molar-refractivity contribution in [2.45, 2.75) is 373 Å². The highest BCUT2D eigenvalue weighted by Crippen LogP contribution is 2.18. The Labute approximate surface area is 474 Å². The largest absolute Gasteiger partial charge is 0.466 e.